The second-order valence-corrected chi connectivity index (χ2v) is 6.77. The van der Waals surface area contributed by atoms with Gasteiger partial charge in [0.05, 0.1) is 0 Å². The van der Waals surface area contributed by atoms with Crippen LogP contribution in [0, 0.1) is 5.41 Å². The van der Waals surface area contributed by atoms with Crippen molar-refractivity contribution in [1.82, 2.24) is 10.6 Å². The number of piperidine rings is 1. The Morgan fingerprint density at radius 1 is 1.24 bits per heavy atom. The summed E-state index contributed by atoms with van der Waals surface area (Å²) in [6, 6.07) is 10.1. The maximum absolute atomic E-state index is 11.8. The molecule has 3 rings (SSSR count). The van der Waals surface area contributed by atoms with Gasteiger partial charge in [0.25, 0.3) is 0 Å². The third-order valence-corrected chi connectivity index (χ3v) is 5.22. The summed E-state index contributed by atoms with van der Waals surface area (Å²) in [7, 11) is 0. The Bertz CT molecular complexity index is 501. The maximum atomic E-state index is 11.8. The highest BCUT2D eigenvalue weighted by Gasteiger charge is 2.59. The number of carboxylic acid groups (broad SMARTS) is 1. The van der Waals surface area contributed by atoms with Crippen molar-refractivity contribution in [2.45, 2.75) is 44.2 Å². The molecule has 1 atom stereocenters. The predicted molar refractivity (Wildman–Crippen MR) is 82.1 cm³/mol. The maximum Gasteiger partial charge on any atom is 0.323 e. The number of rotatable bonds is 4. The highest BCUT2D eigenvalue weighted by atomic mass is 16.4. The van der Waals surface area contributed by atoms with E-state index in [0.29, 0.717) is 0 Å². The molecule has 4 heteroatoms. The van der Waals surface area contributed by atoms with Gasteiger partial charge in [-0.25, -0.2) is 0 Å². The molecule has 1 aliphatic carbocycles. The Balaban J connectivity index is 1.70. The molecule has 3 N–H and O–H groups in total. The van der Waals surface area contributed by atoms with Crippen molar-refractivity contribution in [3.8, 4) is 0 Å². The molecular weight excluding hydrogens is 264 g/mol. The van der Waals surface area contributed by atoms with Crippen molar-refractivity contribution in [2.75, 3.05) is 13.1 Å². The number of carbonyl (C=O) groups is 1. The number of benzene rings is 1. The Hall–Kier alpha value is -1.39. The quantitative estimate of drug-likeness (QED) is 0.796. The largest absolute Gasteiger partial charge is 0.480 e. The monoisotopic (exact) mass is 288 g/mol. The summed E-state index contributed by atoms with van der Waals surface area (Å²) in [5.41, 5.74) is 0.643. The van der Waals surface area contributed by atoms with Gasteiger partial charge in [0.2, 0.25) is 0 Å². The van der Waals surface area contributed by atoms with Crippen LogP contribution in [0.3, 0.4) is 0 Å². The van der Waals surface area contributed by atoms with Crippen LogP contribution in [-0.4, -0.2) is 29.7 Å². The molecule has 0 amide bonds. The zero-order valence-corrected chi connectivity index (χ0v) is 12.6. The fourth-order valence-electron chi connectivity index (χ4n) is 4.09. The first-order valence-electron chi connectivity index (χ1n) is 7.82. The summed E-state index contributed by atoms with van der Waals surface area (Å²) in [4.78, 5) is 11.8. The summed E-state index contributed by atoms with van der Waals surface area (Å²) >= 11 is 0. The normalized spacial score (nSPS) is 24.2. The Labute approximate surface area is 125 Å². The fourth-order valence-corrected chi connectivity index (χ4v) is 4.09. The van der Waals surface area contributed by atoms with Gasteiger partial charge < -0.3 is 10.4 Å². The summed E-state index contributed by atoms with van der Waals surface area (Å²) < 4.78 is 0. The lowest BCUT2D eigenvalue weighted by Crippen LogP contribution is -2.67. The number of aliphatic carboxylic acids is 1. The number of hydrogen-bond acceptors (Lipinski definition) is 3. The van der Waals surface area contributed by atoms with Crippen molar-refractivity contribution in [1.29, 1.82) is 0 Å². The van der Waals surface area contributed by atoms with Crippen LogP contribution in [0.5, 0.6) is 0 Å². The van der Waals surface area contributed by atoms with E-state index < -0.39 is 11.5 Å². The van der Waals surface area contributed by atoms with Crippen LogP contribution in [0.15, 0.2) is 30.3 Å². The van der Waals surface area contributed by atoms with E-state index >= 15 is 0 Å². The SMILES string of the molecule is CC(NC1(C(=O)O)CC2(CCNCC2)C1)c1ccccc1. The summed E-state index contributed by atoms with van der Waals surface area (Å²) in [6.45, 7) is 4.08. The van der Waals surface area contributed by atoms with Gasteiger partial charge in [-0.2, -0.15) is 0 Å². The van der Waals surface area contributed by atoms with Crippen molar-refractivity contribution < 1.29 is 9.90 Å². The number of carboxylic acids is 1. The van der Waals surface area contributed by atoms with Crippen LogP contribution in [0.2, 0.25) is 0 Å². The van der Waals surface area contributed by atoms with Crippen molar-refractivity contribution in [2.24, 2.45) is 5.41 Å². The molecule has 1 saturated heterocycles. The van der Waals surface area contributed by atoms with Crippen LogP contribution >= 0.6 is 0 Å². The highest BCUT2D eigenvalue weighted by Crippen LogP contribution is 2.54. The summed E-state index contributed by atoms with van der Waals surface area (Å²) in [5.74, 6) is -0.700. The van der Waals surface area contributed by atoms with Crippen LogP contribution < -0.4 is 10.6 Å². The molecular formula is C17H24N2O2. The minimum Gasteiger partial charge on any atom is -0.480 e. The highest BCUT2D eigenvalue weighted by molar-refractivity contribution is 5.80. The lowest BCUT2D eigenvalue weighted by atomic mass is 9.53. The number of nitrogens with one attached hydrogen (secondary N) is 2. The van der Waals surface area contributed by atoms with Gasteiger partial charge in [0.1, 0.15) is 5.54 Å². The molecule has 1 heterocycles. The van der Waals surface area contributed by atoms with E-state index in [1.165, 1.54) is 0 Å². The van der Waals surface area contributed by atoms with Gasteiger partial charge in [-0.1, -0.05) is 30.3 Å². The molecule has 4 nitrogen and oxygen atoms in total. The van der Waals surface area contributed by atoms with E-state index in [2.05, 4.69) is 10.6 Å². The predicted octanol–water partition coefficient (Wildman–Crippen LogP) is 2.32. The van der Waals surface area contributed by atoms with Gasteiger partial charge in [-0.3, -0.25) is 10.1 Å². The molecule has 114 valence electrons. The van der Waals surface area contributed by atoms with Gasteiger partial charge >= 0.3 is 5.97 Å². The van der Waals surface area contributed by atoms with Crippen molar-refractivity contribution in [3.63, 3.8) is 0 Å². The second-order valence-electron chi connectivity index (χ2n) is 6.77. The lowest BCUT2D eigenvalue weighted by molar-refractivity contribution is -0.159. The van der Waals surface area contributed by atoms with E-state index in [9.17, 15) is 9.90 Å². The minimum absolute atomic E-state index is 0.0568. The topological polar surface area (TPSA) is 61.4 Å². The minimum atomic E-state index is -0.743. The number of hydrogen-bond donors (Lipinski definition) is 3. The van der Waals surface area contributed by atoms with Gasteiger partial charge in [0.15, 0.2) is 0 Å². The van der Waals surface area contributed by atoms with E-state index in [4.69, 9.17) is 0 Å². The third kappa shape index (κ3) is 2.70. The van der Waals surface area contributed by atoms with E-state index in [-0.39, 0.29) is 11.5 Å². The summed E-state index contributed by atoms with van der Waals surface area (Å²) in [6.07, 6.45) is 3.72. The smallest absolute Gasteiger partial charge is 0.323 e. The average Bonchev–Trinajstić information content (AvgIpc) is 2.47. The molecule has 1 unspecified atom stereocenters. The van der Waals surface area contributed by atoms with Crippen molar-refractivity contribution in [3.05, 3.63) is 35.9 Å². The van der Waals surface area contributed by atoms with E-state index in [1.54, 1.807) is 0 Å². The molecule has 1 aromatic rings. The summed E-state index contributed by atoms with van der Waals surface area (Å²) in [5, 5.41) is 16.5. The Morgan fingerprint density at radius 3 is 2.43 bits per heavy atom. The molecule has 2 aliphatic rings. The first-order chi connectivity index (χ1) is 10.1. The molecule has 1 aromatic carbocycles. The Morgan fingerprint density at radius 2 is 1.86 bits per heavy atom. The second kappa shape index (κ2) is 5.43. The van der Waals surface area contributed by atoms with Crippen LogP contribution in [0.4, 0.5) is 0 Å². The zero-order valence-electron chi connectivity index (χ0n) is 12.6. The van der Waals surface area contributed by atoms with Crippen molar-refractivity contribution >= 4 is 5.97 Å². The molecule has 1 aliphatic heterocycles. The average molecular weight is 288 g/mol. The van der Waals surface area contributed by atoms with Gasteiger partial charge in [-0.15, -0.1) is 0 Å². The lowest BCUT2D eigenvalue weighted by Gasteiger charge is -2.57. The van der Waals surface area contributed by atoms with Gasteiger partial charge in [0, 0.05) is 6.04 Å². The first-order valence-corrected chi connectivity index (χ1v) is 7.82. The molecule has 2 fully saturated rings. The van der Waals surface area contributed by atoms with E-state index in [1.807, 2.05) is 37.3 Å². The van der Waals surface area contributed by atoms with E-state index in [0.717, 1.165) is 44.3 Å². The molecule has 1 spiro atoms. The van der Waals surface area contributed by atoms with Crippen LogP contribution in [0.1, 0.15) is 44.2 Å². The molecule has 21 heavy (non-hydrogen) atoms. The van der Waals surface area contributed by atoms with Crippen LogP contribution in [0.25, 0.3) is 0 Å². The zero-order chi connectivity index (χ0) is 14.9. The van der Waals surface area contributed by atoms with Crippen LogP contribution in [-0.2, 0) is 4.79 Å². The third-order valence-electron chi connectivity index (χ3n) is 5.22. The fraction of sp³-hybridized carbons (Fsp3) is 0.588. The molecule has 0 bridgehead atoms. The van der Waals surface area contributed by atoms with Gasteiger partial charge in [-0.05, 0) is 56.7 Å². The Kier molecular flexibility index (Phi) is 3.76. The molecule has 1 saturated carbocycles. The molecule has 0 radical (unpaired) electrons. The standard InChI is InChI=1S/C17H24N2O2/c1-13(14-5-3-2-4-6-14)19-17(15(20)21)11-16(12-17)7-9-18-10-8-16/h2-6,13,18-19H,7-12H2,1H3,(H,20,21). The first kappa shape index (κ1) is 14.5. The molecule has 0 aromatic heterocycles.